The molecule has 100 valence electrons. The molecule has 1 fully saturated rings. The molecule has 1 amide bonds. The minimum absolute atomic E-state index is 0.165. The summed E-state index contributed by atoms with van der Waals surface area (Å²) in [4.78, 5) is 11.4. The smallest absolute Gasteiger partial charge is 0.300 e. The molecule has 0 N–H and O–H groups in total. The van der Waals surface area contributed by atoms with Crippen molar-refractivity contribution in [1.82, 2.24) is 5.06 Å². The zero-order valence-electron chi connectivity index (χ0n) is 10.2. The molecule has 1 saturated heterocycles. The minimum atomic E-state index is -3.27. The molecule has 1 heterocycles. The van der Waals surface area contributed by atoms with Crippen molar-refractivity contribution in [2.45, 2.75) is 32.4 Å². The van der Waals surface area contributed by atoms with E-state index in [0.29, 0.717) is 18.9 Å². The van der Waals surface area contributed by atoms with E-state index in [4.69, 9.17) is 9.15 Å². The highest BCUT2D eigenvalue weighted by Gasteiger charge is 2.35. The first kappa shape index (κ1) is 15.4. The van der Waals surface area contributed by atoms with E-state index < -0.39 is 6.80 Å². The summed E-state index contributed by atoms with van der Waals surface area (Å²) in [6.07, 6.45) is 0.869. The van der Waals surface area contributed by atoms with Crippen LogP contribution in [-0.4, -0.2) is 34.5 Å². The van der Waals surface area contributed by atoms with Gasteiger partial charge in [-0.15, -0.1) is 0 Å². The van der Waals surface area contributed by atoms with E-state index in [0.717, 1.165) is 23.2 Å². The Morgan fingerprint density at radius 1 is 1.59 bits per heavy atom. The van der Waals surface area contributed by atoms with Crippen LogP contribution in [0.2, 0.25) is 0 Å². The van der Waals surface area contributed by atoms with Crippen LogP contribution in [0, 0.1) is 0 Å². The summed E-state index contributed by atoms with van der Waals surface area (Å²) in [5.41, 5.74) is 0. The zero-order chi connectivity index (χ0) is 12.9. The Kier molecular flexibility index (Phi) is 6.37. The summed E-state index contributed by atoms with van der Waals surface area (Å²) < 4.78 is 22.9. The average molecular weight is 299 g/mol. The molecule has 1 rings (SSSR count). The molecule has 1 aliphatic rings. The van der Waals surface area contributed by atoms with Crippen molar-refractivity contribution in [2.75, 3.05) is 18.9 Å². The van der Waals surface area contributed by atoms with Crippen LogP contribution in [0.25, 0.3) is 0 Å². The van der Waals surface area contributed by atoms with Crippen LogP contribution in [0.5, 0.6) is 0 Å². The van der Waals surface area contributed by atoms with Gasteiger partial charge in [0, 0.05) is 11.0 Å². The van der Waals surface area contributed by atoms with Crippen molar-refractivity contribution in [1.29, 1.82) is 0 Å². The van der Waals surface area contributed by atoms with Gasteiger partial charge in [-0.2, -0.15) is 4.62 Å². The first-order valence-corrected chi connectivity index (χ1v) is 9.59. The number of carbonyl (C=O) groups is 1. The van der Waals surface area contributed by atoms with E-state index in [2.05, 4.69) is 0 Å². The summed E-state index contributed by atoms with van der Waals surface area (Å²) in [6.45, 7) is 3.21. The fraction of sp³-hybridized carbons (Fsp3) is 0.889. The van der Waals surface area contributed by atoms with E-state index in [-0.39, 0.29) is 10.5 Å². The predicted molar refractivity (Wildman–Crippen MR) is 72.2 cm³/mol. The maximum atomic E-state index is 12.4. The molecule has 2 atom stereocenters. The van der Waals surface area contributed by atoms with Gasteiger partial charge in [-0.3, -0.25) is 9.32 Å². The number of hydroxylamine groups is 2. The first-order valence-electron chi connectivity index (χ1n) is 5.57. The van der Waals surface area contributed by atoms with E-state index in [1.54, 1.807) is 6.92 Å². The molecule has 5 nitrogen and oxygen atoms in total. The molecule has 0 aliphatic carbocycles. The maximum absolute atomic E-state index is 12.4. The second-order valence-corrected chi connectivity index (χ2v) is 8.84. The summed E-state index contributed by atoms with van der Waals surface area (Å²) in [5, 5.41) is 1.11. The number of hydrogen-bond donors (Lipinski definition) is 0. The number of rotatable bonds is 7. The van der Waals surface area contributed by atoms with E-state index >= 15 is 0 Å². The molecule has 0 saturated carbocycles. The molecular weight excluding hydrogens is 281 g/mol. The average Bonchev–Trinajstić information content (AvgIpc) is 2.64. The number of amides is 1. The van der Waals surface area contributed by atoms with Crippen LogP contribution in [0.3, 0.4) is 0 Å². The normalized spacial score (nSPS) is 21.6. The topological polar surface area (TPSA) is 55.8 Å². The molecule has 0 aromatic heterocycles. The molecule has 0 bridgehead atoms. The Balaban J connectivity index is 2.63. The van der Waals surface area contributed by atoms with Gasteiger partial charge in [0.05, 0.1) is 13.2 Å². The summed E-state index contributed by atoms with van der Waals surface area (Å²) in [6, 6.07) is 0. The number of carbonyl (C=O) groups excluding carboxylic acids is 1. The van der Waals surface area contributed by atoms with Crippen LogP contribution in [-0.2, 0) is 13.7 Å². The van der Waals surface area contributed by atoms with Gasteiger partial charge in [0.2, 0.25) is 0 Å². The van der Waals surface area contributed by atoms with Crippen LogP contribution in [0.1, 0.15) is 27.2 Å². The van der Waals surface area contributed by atoms with Crippen molar-refractivity contribution < 1.29 is 18.5 Å². The van der Waals surface area contributed by atoms with Gasteiger partial charge in [-0.1, -0.05) is 25.6 Å². The molecule has 17 heavy (non-hydrogen) atoms. The molecule has 0 spiro atoms. The largest absolute Gasteiger partial charge is 0.410 e. The Bertz CT molecular complexity index is 315. The highest BCUT2D eigenvalue weighted by molar-refractivity contribution is 8.55. The fourth-order valence-corrected chi connectivity index (χ4v) is 5.93. The summed E-state index contributed by atoms with van der Waals surface area (Å²) in [7, 11) is 0. The lowest BCUT2D eigenvalue weighted by atomic mass is 10.4. The van der Waals surface area contributed by atoms with Crippen molar-refractivity contribution in [2.24, 2.45) is 0 Å². The van der Waals surface area contributed by atoms with E-state index in [1.807, 2.05) is 13.8 Å². The van der Waals surface area contributed by atoms with Gasteiger partial charge in [0.15, 0.2) is 0 Å². The Morgan fingerprint density at radius 3 is 2.76 bits per heavy atom. The van der Waals surface area contributed by atoms with Crippen LogP contribution >= 0.6 is 29.9 Å². The van der Waals surface area contributed by atoms with E-state index in [1.165, 1.54) is 11.4 Å². The number of thioether (sulfide) groups is 1. The molecule has 0 unspecified atom stereocenters. The summed E-state index contributed by atoms with van der Waals surface area (Å²) >= 11 is 2.33. The fourth-order valence-electron chi connectivity index (χ4n) is 1.10. The first-order chi connectivity index (χ1) is 8.00. The second kappa shape index (κ2) is 7.04. The number of hydrogen-bond acceptors (Lipinski definition) is 6. The third kappa shape index (κ3) is 4.83. The second-order valence-electron chi connectivity index (χ2n) is 3.49. The zero-order valence-corrected chi connectivity index (χ0v) is 12.8. The van der Waals surface area contributed by atoms with Gasteiger partial charge in [-0.05, 0) is 24.7 Å². The van der Waals surface area contributed by atoms with Gasteiger partial charge >= 0.3 is 12.0 Å². The SMILES string of the molecule is CCO[P@@](=O)(ON1CCSC1=O)S[C@H](C)CC. The molecule has 0 aromatic carbocycles. The molecule has 0 aromatic rings. The lowest BCUT2D eigenvalue weighted by Crippen LogP contribution is -2.22. The van der Waals surface area contributed by atoms with Crippen LogP contribution < -0.4 is 0 Å². The maximum Gasteiger partial charge on any atom is 0.410 e. The Hall–Kier alpha value is 0.320. The quantitative estimate of drug-likeness (QED) is 0.667. The van der Waals surface area contributed by atoms with Crippen molar-refractivity contribution in [3.8, 4) is 0 Å². The summed E-state index contributed by atoms with van der Waals surface area (Å²) in [5.74, 6) is 0.666. The highest BCUT2D eigenvalue weighted by Crippen LogP contribution is 2.63. The molecule has 1 aliphatic heterocycles. The van der Waals surface area contributed by atoms with Crippen LogP contribution in [0.15, 0.2) is 0 Å². The Morgan fingerprint density at radius 2 is 2.29 bits per heavy atom. The molecule has 0 radical (unpaired) electrons. The standard InChI is InChI=1S/C9H18NO4PS2/c1-4-8(3)17-15(12,13-5-2)14-10-6-7-16-9(10)11/h8H,4-7H2,1-3H3/t8-,15+/m1/s1. The predicted octanol–water partition coefficient (Wildman–Crippen LogP) is 3.76. The van der Waals surface area contributed by atoms with Crippen LogP contribution in [0.4, 0.5) is 4.79 Å². The van der Waals surface area contributed by atoms with Gasteiger partial charge in [0.1, 0.15) is 0 Å². The van der Waals surface area contributed by atoms with Gasteiger partial charge in [-0.25, -0.2) is 9.63 Å². The third-order valence-corrected chi connectivity index (χ3v) is 7.22. The monoisotopic (exact) mass is 299 g/mol. The van der Waals surface area contributed by atoms with Crippen molar-refractivity contribution >= 4 is 35.2 Å². The van der Waals surface area contributed by atoms with Crippen molar-refractivity contribution in [3.05, 3.63) is 0 Å². The molecular formula is C9H18NO4PS2. The van der Waals surface area contributed by atoms with Crippen molar-refractivity contribution in [3.63, 3.8) is 0 Å². The molecule has 8 heteroatoms. The Labute approximate surface area is 110 Å². The lowest BCUT2D eigenvalue weighted by molar-refractivity contribution is -0.00146. The highest BCUT2D eigenvalue weighted by atomic mass is 32.7. The van der Waals surface area contributed by atoms with E-state index in [9.17, 15) is 9.36 Å². The lowest BCUT2D eigenvalue weighted by Gasteiger charge is -2.23. The van der Waals surface area contributed by atoms with Gasteiger partial charge < -0.3 is 0 Å². The van der Waals surface area contributed by atoms with Gasteiger partial charge in [0.25, 0.3) is 0 Å². The number of nitrogens with zero attached hydrogens (tertiary/aromatic N) is 1. The third-order valence-electron chi connectivity index (χ3n) is 2.09. The minimum Gasteiger partial charge on any atom is -0.300 e.